The molecular weight excluding hydrogens is 170 g/mol. The maximum absolute atomic E-state index is 3.57. The fourth-order valence-electron chi connectivity index (χ4n) is 2.38. The molecule has 1 aliphatic heterocycles. The summed E-state index contributed by atoms with van der Waals surface area (Å²) in [5.74, 6) is 0. The van der Waals surface area contributed by atoms with Gasteiger partial charge >= 0.3 is 0 Å². The van der Waals surface area contributed by atoms with Crippen LogP contribution in [0.25, 0.3) is 0 Å². The van der Waals surface area contributed by atoms with Crippen molar-refractivity contribution in [2.45, 2.75) is 39.7 Å². The molecule has 1 aromatic carbocycles. The van der Waals surface area contributed by atoms with E-state index in [9.17, 15) is 0 Å². The van der Waals surface area contributed by atoms with Crippen LogP contribution in [0.15, 0.2) is 12.1 Å². The molecule has 1 aromatic rings. The van der Waals surface area contributed by atoms with Crippen LogP contribution in [0.5, 0.6) is 0 Å². The minimum absolute atomic E-state index is 0.605. The van der Waals surface area contributed by atoms with Crippen molar-refractivity contribution in [1.82, 2.24) is 5.32 Å². The Bertz CT molecular complexity index is 335. The van der Waals surface area contributed by atoms with Gasteiger partial charge in [0.2, 0.25) is 0 Å². The Morgan fingerprint density at radius 3 is 2.64 bits per heavy atom. The summed E-state index contributed by atoms with van der Waals surface area (Å²) in [5, 5.41) is 3.57. The number of hydrogen-bond acceptors (Lipinski definition) is 1. The molecule has 1 nitrogen and oxygen atoms in total. The SMILES string of the molecule is Cc1cc(C)c(C)c(C2CCCN2)c1. The molecule has 76 valence electrons. The molecule has 1 unspecified atom stereocenters. The quantitative estimate of drug-likeness (QED) is 0.716. The molecule has 1 atom stereocenters. The third-order valence-corrected chi connectivity index (χ3v) is 3.29. The van der Waals surface area contributed by atoms with E-state index in [4.69, 9.17) is 0 Å². The Labute approximate surface area is 86.5 Å². The fraction of sp³-hybridized carbons (Fsp3) is 0.538. The van der Waals surface area contributed by atoms with Crippen molar-refractivity contribution in [1.29, 1.82) is 0 Å². The fourth-order valence-corrected chi connectivity index (χ4v) is 2.38. The average Bonchev–Trinajstić information content (AvgIpc) is 2.63. The van der Waals surface area contributed by atoms with Crippen molar-refractivity contribution >= 4 is 0 Å². The maximum atomic E-state index is 3.57. The number of nitrogens with one attached hydrogen (secondary N) is 1. The van der Waals surface area contributed by atoms with E-state index < -0.39 is 0 Å². The first kappa shape index (κ1) is 9.72. The normalized spacial score (nSPS) is 21.5. The number of benzene rings is 1. The molecule has 0 amide bonds. The number of hydrogen-bond donors (Lipinski definition) is 1. The van der Waals surface area contributed by atoms with Gasteiger partial charge in [0.15, 0.2) is 0 Å². The lowest BCUT2D eigenvalue weighted by molar-refractivity contribution is 0.642. The van der Waals surface area contributed by atoms with Crippen molar-refractivity contribution in [3.63, 3.8) is 0 Å². The molecule has 1 heteroatoms. The highest BCUT2D eigenvalue weighted by atomic mass is 14.9. The van der Waals surface area contributed by atoms with Crippen LogP contribution in [0.3, 0.4) is 0 Å². The lowest BCUT2D eigenvalue weighted by atomic mass is 9.94. The largest absolute Gasteiger partial charge is 0.310 e. The standard InChI is InChI=1S/C13H19N/c1-9-7-10(2)11(3)12(8-9)13-5-4-6-14-13/h7-8,13-14H,4-6H2,1-3H3. The van der Waals surface area contributed by atoms with E-state index in [0.717, 1.165) is 0 Å². The lowest BCUT2D eigenvalue weighted by Crippen LogP contribution is -2.14. The van der Waals surface area contributed by atoms with Crippen molar-refractivity contribution < 1.29 is 0 Å². The predicted molar refractivity (Wildman–Crippen MR) is 60.6 cm³/mol. The van der Waals surface area contributed by atoms with Crippen LogP contribution in [0.2, 0.25) is 0 Å². The first-order valence-electron chi connectivity index (χ1n) is 5.49. The van der Waals surface area contributed by atoms with Crippen molar-refractivity contribution in [3.05, 3.63) is 34.4 Å². The Hall–Kier alpha value is -0.820. The highest BCUT2D eigenvalue weighted by molar-refractivity contribution is 5.39. The summed E-state index contributed by atoms with van der Waals surface area (Å²) in [7, 11) is 0. The zero-order chi connectivity index (χ0) is 10.1. The zero-order valence-corrected chi connectivity index (χ0v) is 9.35. The minimum Gasteiger partial charge on any atom is -0.310 e. The molecule has 1 N–H and O–H groups in total. The van der Waals surface area contributed by atoms with Crippen LogP contribution >= 0.6 is 0 Å². The minimum atomic E-state index is 0.605. The molecule has 2 rings (SSSR count). The first-order valence-corrected chi connectivity index (χ1v) is 5.49. The summed E-state index contributed by atoms with van der Waals surface area (Å²) < 4.78 is 0. The Morgan fingerprint density at radius 2 is 2.00 bits per heavy atom. The van der Waals surface area contributed by atoms with Gasteiger partial charge in [-0.1, -0.05) is 17.7 Å². The molecule has 0 spiro atoms. The molecule has 1 saturated heterocycles. The summed E-state index contributed by atoms with van der Waals surface area (Å²) in [4.78, 5) is 0. The van der Waals surface area contributed by atoms with Gasteiger partial charge in [-0.25, -0.2) is 0 Å². The third kappa shape index (κ3) is 1.69. The van der Waals surface area contributed by atoms with Crippen molar-refractivity contribution in [2.24, 2.45) is 0 Å². The van der Waals surface area contributed by atoms with Gasteiger partial charge < -0.3 is 5.32 Å². The van der Waals surface area contributed by atoms with Crippen molar-refractivity contribution in [2.75, 3.05) is 6.54 Å². The molecule has 14 heavy (non-hydrogen) atoms. The average molecular weight is 189 g/mol. The van der Waals surface area contributed by atoms with E-state index in [0.29, 0.717) is 6.04 Å². The molecule has 0 aromatic heterocycles. The van der Waals surface area contributed by atoms with Crippen LogP contribution in [0.1, 0.15) is 41.1 Å². The topological polar surface area (TPSA) is 12.0 Å². The van der Waals surface area contributed by atoms with E-state index in [-0.39, 0.29) is 0 Å². The molecule has 1 fully saturated rings. The second-order valence-corrected chi connectivity index (χ2v) is 4.44. The Morgan fingerprint density at radius 1 is 1.21 bits per heavy atom. The lowest BCUT2D eigenvalue weighted by Gasteiger charge is -2.16. The van der Waals surface area contributed by atoms with Gasteiger partial charge in [0.1, 0.15) is 0 Å². The van der Waals surface area contributed by atoms with Gasteiger partial charge in [0.25, 0.3) is 0 Å². The van der Waals surface area contributed by atoms with Crippen LogP contribution < -0.4 is 5.32 Å². The predicted octanol–water partition coefficient (Wildman–Crippen LogP) is 3.04. The molecule has 0 saturated carbocycles. The van der Waals surface area contributed by atoms with Gasteiger partial charge in [-0.2, -0.15) is 0 Å². The summed E-state index contributed by atoms with van der Waals surface area (Å²) in [5.41, 5.74) is 5.79. The van der Waals surface area contributed by atoms with Crippen LogP contribution in [0, 0.1) is 20.8 Å². The van der Waals surface area contributed by atoms with E-state index in [1.165, 1.54) is 41.6 Å². The van der Waals surface area contributed by atoms with Gasteiger partial charge in [0, 0.05) is 6.04 Å². The van der Waals surface area contributed by atoms with Gasteiger partial charge in [-0.05, 0) is 56.8 Å². The second-order valence-electron chi connectivity index (χ2n) is 4.44. The highest BCUT2D eigenvalue weighted by Gasteiger charge is 2.18. The Balaban J connectivity index is 2.40. The smallest absolute Gasteiger partial charge is 0.0323 e. The second kappa shape index (κ2) is 3.74. The number of aryl methyl sites for hydroxylation is 2. The van der Waals surface area contributed by atoms with Gasteiger partial charge in [0.05, 0.1) is 0 Å². The van der Waals surface area contributed by atoms with Crippen LogP contribution in [-0.4, -0.2) is 6.54 Å². The highest BCUT2D eigenvalue weighted by Crippen LogP contribution is 2.28. The van der Waals surface area contributed by atoms with Crippen LogP contribution in [-0.2, 0) is 0 Å². The zero-order valence-electron chi connectivity index (χ0n) is 9.35. The Kier molecular flexibility index (Phi) is 2.60. The molecule has 1 aliphatic rings. The first-order chi connectivity index (χ1) is 6.68. The summed E-state index contributed by atoms with van der Waals surface area (Å²) >= 11 is 0. The van der Waals surface area contributed by atoms with E-state index >= 15 is 0 Å². The molecule has 1 heterocycles. The molecule has 0 aliphatic carbocycles. The summed E-state index contributed by atoms with van der Waals surface area (Å²) in [6, 6.07) is 5.22. The van der Waals surface area contributed by atoms with E-state index in [2.05, 4.69) is 38.2 Å². The molecular formula is C13H19N. The van der Waals surface area contributed by atoms with Gasteiger partial charge in [-0.15, -0.1) is 0 Å². The maximum Gasteiger partial charge on any atom is 0.0323 e. The molecule has 0 radical (unpaired) electrons. The van der Waals surface area contributed by atoms with Crippen LogP contribution in [0.4, 0.5) is 0 Å². The summed E-state index contributed by atoms with van der Waals surface area (Å²) in [6.07, 6.45) is 2.61. The van der Waals surface area contributed by atoms with E-state index in [1.54, 1.807) is 0 Å². The van der Waals surface area contributed by atoms with Crippen molar-refractivity contribution in [3.8, 4) is 0 Å². The monoisotopic (exact) mass is 189 g/mol. The number of rotatable bonds is 1. The molecule has 0 bridgehead atoms. The van der Waals surface area contributed by atoms with E-state index in [1.807, 2.05) is 0 Å². The van der Waals surface area contributed by atoms with Gasteiger partial charge in [-0.3, -0.25) is 0 Å². The third-order valence-electron chi connectivity index (χ3n) is 3.29. The summed E-state index contributed by atoms with van der Waals surface area (Å²) in [6.45, 7) is 7.81.